The lowest BCUT2D eigenvalue weighted by Crippen LogP contribution is -2.28. The van der Waals surface area contributed by atoms with E-state index in [4.69, 9.17) is 4.74 Å². The van der Waals surface area contributed by atoms with Gasteiger partial charge in [0.1, 0.15) is 5.75 Å². The largest absolute Gasteiger partial charge is 0.439 e. The number of nitrogens with zero attached hydrogens (tertiary/aromatic N) is 5. The predicted octanol–water partition coefficient (Wildman–Crippen LogP) is 2.37. The Morgan fingerprint density at radius 3 is 2.96 bits per heavy atom. The lowest BCUT2D eigenvalue weighted by atomic mass is 9.96. The molecule has 1 aliphatic carbocycles. The summed E-state index contributed by atoms with van der Waals surface area (Å²) in [6, 6.07) is 11.6. The van der Waals surface area contributed by atoms with Crippen LogP contribution in [-0.4, -0.2) is 31.0 Å². The molecule has 122 valence electrons. The van der Waals surface area contributed by atoms with E-state index < -0.39 is 0 Å². The van der Waals surface area contributed by atoms with Crippen LogP contribution in [0.5, 0.6) is 11.6 Å². The van der Waals surface area contributed by atoms with Gasteiger partial charge < -0.3 is 10.1 Å². The minimum atomic E-state index is 0.251. The second-order valence-corrected chi connectivity index (χ2v) is 5.82. The third-order valence-corrected chi connectivity index (χ3v) is 4.12. The van der Waals surface area contributed by atoms with Crippen molar-refractivity contribution in [2.45, 2.75) is 25.3 Å². The van der Waals surface area contributed by atoms with E-state index in [0.29, 0.717) is 11.8 Å². The maximum Gasteiger partial charge on any atom is 0.226 e. The van der Waals surface area contributed by atoms with Gasteiger partial charge in [0.2, 0.25) is 11.8 Å². The summed E-state index contributed by atoms with van der Waals surface area (Å²) in [5, 5.41) is 11.7. The van der Waals surface area contributed by atoms with Gasteiger partial charge in [0.25, 0.3) is 0 Å². The zero-order chi connectivity index (χ0) is 16.4. The second kappa shape index (κ2) is 6.27. The maximum atomic E-state index is 5.75. The Morgan fingerprint density at radius 2 is 2.08 bits per heavy atom. The summed E-state index contributed by atoms with van der Waals surface area (Å²) in [5.74, 6) is 1.85. The molecule has 1 atom stereocenters. The van der Waals surface area contributed by atoms with E-state index in [-0.39, 0.29) is 6.04 Å². The highest BCUT2D eigenvalue weighted by atomic mass is 16.5. The molecule has 7 nitrogen and oxygen atoms in total. The van der Waals surface area contributed by atoms with Crippen LogP contribution in [0.2, 0.25) is 0 Å². The number of anilines is 1. The standard InChI is InChI=1S/C17H18N6O/c1-23-15-8-7-12(11-14(15)21-22-23)19-17-18-10-9-16(20-17)24-13-5-3-2-4-6-13/h2-6,9-10,12H,7-8,11H2,1H3,(H,18,19,20). The molecule has 0 fully saturated rings. The number of nitrogens with one attached hydrogen (secondary N) is 1. The molecule has 24 heavy (non-hydrogen) atoms. The van der Waals surface area contributed by atoms with Gasteiger partial charge in [0.15, 0.2) is 0 Å². The van der Waals surface area contributed by atoms with Crippen molar-refractivity contribution in [2.24, 2.45) is 7.05 Å². The third kappa shape index (κ3) is 3.05. The fraction of sp³-hybridized carbons (Fsp3) is 0.294. The number of rotatable bonds is 4. The summed E-state index contributed by atoms with van der Waals surface area (Å²) in [7, 11) is 1.94. The first-order chi connectivity index (χ1) is 11.8. The molecule has 7 heteroatoms. The van der Waals surface area contributed by atoms with Crippen molar-refractivity contribution in [1.82, 2.24) is 25.0 Å². The molecule has 3 aromatic rings. The average Bonchev–Trinajstić information content (AvgIpc) is 2.97. The van der Waals surface area contributed by atoms with Crippen molar-refractivity contribution >= 4 is 5.95 Å². The Labute approximate surface area is 139 Å². The number of aryl methyl sites for hydroxylation is 1. The van der Waals surface area contributed by atoms with Crippen molar-refractivity contribution in [3.05, 3.63) is 54.0 Å². The summed E-state index contributed by atoms with van der Waals surface area (Å²) >= 11 is 0. The van der Waals surface area contributed by atoms with Crippen molar-refractivity contribution in [2.75, 3.05) is 5.32 Å². The number of ether oxygens (including phenoxy) is 1. The number of aromatic nitrogens is 5. The molecular weight excluding hydrogens is 304 g/mol. The van der Waals surface area contributed by atoms with E-state index in [1.54, 1.807) is 12.3 Å². The normalized spacial score (nSPS) is 16.5. The molecule has 1 unspecified atom stereocenters. The fourth-order valence-corrected chi connectivity index (χ4v) is 2.91. The first-order valence-corrected chi connectivity index (χ1v) is 7.98. The van der Waals surface area contributed by atoms with Gasteiger partial charge in [-0.1, -0.05) is 23.4 Å². The van der Waals surface area contributed by atoms with Crippen LogP contribution in [-0.2, 0) is 19.9 Å². The number of fused-ring (bicyclic) bond motifs is 1. The highest BCUT2D eigenvalue weighted by Gasteiger charge is 2.23. The van der Waals surface area contributed by atoms with Gasteiger partial charge >= 0.3 is 0 Å². The summed E-state index contributed by atoms with van der Waals surface area (Å²) in [6.45, 7) is 0. The van der Waals surface area contributed by atoms with E-state index in [9.17, 15) is 0 Å². The van der Waals surface area contributed by atoms with Gasteiger partial charge in [-0.05, 0) is 25.0 Å². The van der Waals surface area contributed by atoms with Crippen LogP contribution in [0.25, 0.3) is 0 Å². The second-order valence-electron chi connectivity index (χ2n) is 5.82. The van der Waals surface area contributed by atoms with Crippen molar-refractivity contribution < 1.29 is 4.74 Å². The van der Waals surface area contributed by atoms with E-state index in [1.165, 1.54) is 5.69 Å². The first kappa shape index (κ1) is 14.6. The summed E-state index contributed by atoms with van der Waals surface area (Å²) < 4.78 is 7.61. The Morgan fingerprint density at radius 1 is 1.21 bits per heavy atom. The Hall–Kier alpha value is -2.96. The van der Waals surface area contributed by atoms with Gasteiger partial charge in [-0.2, -0.15) is 4.98 Å². The molecule has 0 aliphatic heterocycles. The van der Waals surface area contributed by atoms with Crippen LogP contribution >= 0.6 is 0 Å². The summed E-state index contributed by atoms with van der Waals surface area (Å²) in [4.78, 5) is 8.73. The zero-order valence-corrected chi connectivity index (χ0v) is 13.4. The van der Waals surface area contributed by atoms with E-state index in [1.807, 2.05) is 42.1 Å². The number of para-hydroxylation sites is 1. The van der Waals surface area contributed by atoms with Gasteiger partial charge in [-0.3, -0.25) is 4.68 Å². The number of hydrogen-bond acceptors (Lipinski definition) is 6. The molecule has 1 aromatic carbocycles. The molecule has 2 aromatic heterocycles. The van der Waals surface area contributed by atoms with Gasteiger partial charge in [-0.15, -0.1) is 5.10 Å². The van der Waals surface area contributed by atoms with Crippen LogP contribution in [0, 0.1) is 0 Å². The molecule has 0 bridgehead atoms. The SMILES string of the molecule is Cn1nnc2c1CCC(Nc1nccc(Oc3ccccc3)n1)C2. The van der Waals surface area contributed by atoms with E-state index in [0.717, 1.165) is 30.7 Å². The smallest absolute Gasteiger partial charge is 0.226 e. The Balaban J connectivity index is 1.45. The van der Waals surface area contributed by atoms with E-state index in [2.05, 4.69) is 25.6 Å². The van der Waals surface area contributed by atoms with Crippen LogP contribution in [0.4, 0.5) is 5.95 Å². The monoisotopic (exact) mass is 322 g/mol. The van der Waals surface area contributed by atoms with Crippen LogP contribution in [0.15, 0.2) is 42.6 Å². The Kier molecular flexibility index (Phi) is 3.82. The predicted molar refractivity (Wildman–Crippen MR) is 89.0 cm³/mol. The van der Waals surface area contributed by atoms with Crippen LogP contribution in [0.1, 0.15) is 17.8 Å². The van der Waals surface area contributed by atoms with Gasteiger partial charge in [0, 0.05) is 31.8 Å². The molecule has 2 heterocycles. The minimum absolute atomic E-state index is 0.251. The lowest BCUT2D eigenvalue weighted by molar-refractivity contribution is 0.461. The van der Waals surface area contributed by atoms with Crippen LogP contribution in [0.3, 0.4) is 0 Å². The van der Waals surface area contributed by atoms with Crippen molar-refractivity contribution in [1.29, 1.82) is 0 Å². The summed E-state index contributed by atoms with van der Waals surface area (Å²) in [5.41, 5.74) is 2.27. The quantitative estimate of drug-likeness (QED) is 0.794. The molecule has 1 N–H and O–H groups in total. The highest BCUT2D eigenvalue weighted by molar-refractivity contribution is 5.33. The molecule has 1 aliphatic rings. The fourth-order valence-electron chi connectivity index (χ4n) is 2.91. The van der Waals surface area contributed by atoms with Gasteiger partial charge in [0.05, 0.1) is 11.4 Å². The third-order valence-electron chi connectivity index (χ3n) is 4.12. The highest BCUT2D eigenvalue weighted by Crippen LogP contribution is 2.22. The van der Waals surface area contributed by atoms with Crippen LogP contribution < -0.4 is 10.1 Å². The summed E-state index contributed by atoms with van der Waals surface area (Å²) in [6.07, 6.45) is 4.48. The topological polar surface area (TPSA) is 77.8 Å². The molecule has 4 rings (SSSR count). The van der Waals surface area contributed by atoms with E-state index >= 15 is 0 Å². The maximum absolute atomic E-state index is 5.75. The molecule has 0 saturated carbocycles. The first-order valence-electron chi connectivity index (χ1n) is 7.98. The van der Waals surface area contributed by atoms with Crippen molar-refractivity contribution in [3.63, 3.8) is 0 Å². The lowest BCUT2D eigenvalue weighted by Gasteiger charge is -2.22. The average molecular weight is 322 g/mol. The zero-order valence-electron chi connectivity index (χ0n) is 13.4. The molecule has 0 amide bonds. The molecule has 0 saturated heterocycles. The van der Waals surface area contributed by atoms with Gasteiger partial charge in [-0.25, -0.2) is 4.98 Å². The Bertz CT molecular complexity index is 832. The minimum Gasteiger partial charge on any atom is -0.439 e. The van der Waals surface area contributed by atoms with Crippen molar-refractivity contribution in [3.8, 4) is 11.6 Å². The molecular formula is C17H18N6O. The molecule has 0 spiro atoms. The molecule has 0 radical (unpaired) electrons. The number of benzene rings is 1. The number of hydrogen-bond donors (Lipinski definition) is 1.